The van der Waals surface area contributed by atoms with E-state index in [1.165, 1.54) is 50.5 Å². The summed E-state index contributed by atoms with van der Waals surface area (Å²) >= 11 is 0. The molecule has 0 bridgehead atoms. The number of hydrogen-bond donors (Lipinski definition) is 2. The molecule has 1 heterocycles. The summed E-state index contributed by atoms with van der Waals surface area (Å²) in [7, 11) is 0. The van der Waals surface area contributed by atoms with Crippen LogP contribution in [0.2, 0.25) is 0 Å². The van der Waals surface area contributed by atoms with Crippen molar-refractivity contribution in [2.24, 2.45) is 0 Å². The normalized spacial score (nSPS) is 24.1. The van der Waals surface area contributed by atoms with E-state index in [9.17, 15) is 15.0 Å². The summed E-state index contributed by atoms with van der Waals surface area (Å²) in [6.45, 7) is 3.50. The summed E-state index contributed by atoms with van der Waals surface area (Å²) in [4.78, 5) is 11.4. The first kappa shape index (κ1) is 22.9. The highest BCUT2D eigenvalue weighted by atomic mass is 16.6. The number of benzene rings is 1. The minimum absolute atomic E-state index is 0.0257. The molecule has 1 aliphatic heterocycles. The zero-order chi connectivity index (χ0) is 20.5. The van der Waals surface area contributed by atoms with E-state index in [1.54, 1.807) is 13.8 Å². The summed E-state index contributed by atoms with van der Waals surface area (Å²) < 4.78 is 5.27. The molecule has 158 valence electrons. The number of carbonyl (C=O) groups excluding carboxylic acids is 1. The van der Waals surface area contributed by atoms with Gasteiger partial charge in [0.15, 0.2) is 0 Å². The Morgan fingerprint density at radius 1 is 1.04 bits per heavy atom. The van der Waals surface area contributed by atoms with E-state index >= 15 is 0 Å². The molecule has 0 amide bonds. The molecule has 2 N–H and O–H groups in total. The Morgan fingerprint density at radius 2 is 1.61 bits per heavy atom. The quantitative estimate of drug-likeness (QED) is 0.369. The highest BCUT2D eigenvalue weighted by molar-refractivity contribution is 5.73. The van der Waals surface area contributed by atoms with E-state index in [0.29, 0.717) is 6.42 Å². The molecule has 1 aliphatic rings. The maximum Gasteiger partial charge on any atom is 0.309 e. The zero-order valence-corrected chi connectivity index (χ0v) is 17.7. The van der Waals surface area contributed by atoms with Crippen molar-refractivity contribution < 1.29 is 19.7 Å². The molecule has 0 saturated carbocycles. The first-order valence-corrected chi connectivity index (χ1v) is 11.0. The van der Waals surface area contributed by atoms with Crippen LogP contribution in [0.5, 0.6) is 0 Å². The number of aliphatic hydroxyl groups excluding tert-OH is 1. The van der Waals surface area contributed by atoms with E-state index in [0.717, 1.165) is 12.8 Å². The molecule has 1 aromatic rings. The number of unbranched alkanes of at least 4 members (excludes halogenated alkanes) is 7. The van der Waals surface area contributed by atoms with Crippen molar-refractivity contribution in [2.45, 2.75) is 108 Å². The fourth-order valence-corrected chi connectivity index (χ4v) is 4.28. The minimum atomic E-state index is -0.958. The largest absolute Gasteiger partial charge is 0.456 e. The minimum Gasteiger partial charge on any atom is -0.456 e. The standard InChI is InChI=1S/C24H38O4/c1-23(27,19-24(2)21(25)18-22(26)28-24)17-13-8-6-4-3-5-7-10-14-20-15-11-9-12-16-20/h9,11-12,15-16,21,25,27H,3-8,10,13-14,17-19H2,1-2H3. The number of esters is 1. The average molecular weight is 391 g/mol. The third-order valence-corrected chi connectivity index (χ3v) is 5.92. The van der Waals surface area contributed by atoms with Crippen molar-refractivity contribution in [3.05, 3.63) is 35.9 Å². The highest BCUT2D eigenvalue weighted by Gasteiger charge is 2.48. The van der Waals surface area contributed by atoms with Crippen LogP contribution in [0.25, 0.3) is 0 Å². The van der Waals surface area contributed by atoms with Crippen LogP contribution < -0.4 is 0 Å². The van der Waals surface area contributed by atoms with E-state index in [1.807, 2.05) is 0 Å². The second kappa shape index (κ2) is 11.0. The molecule has 2 rings (SSSR count). The SMILES string of the molecule is CC(O)(CCCCCCCCCCc1ccccc1)CC1(C)OC(=O)CC1O. The molecule has 28 heavy (non-hydrogen) atoms. The Kier molecular flexibility index (Phi) is 8.97. The van der Waals surface area contributed by atoms with Gasteiger partial charge in [-0.05, 0) is 38.7 Å². The monoisotopic (exact) mass is 390 g/mol. The van der Waals surface area contributed by atoms with Gasteiger partial charge in [-0.15, -0.1) is 0 Å². The van der Waals surface area contributed by atoms with E-state index in [4.69, 9.17) is 4.74 Å². The molecule has 4 heteroatoms. The van der Waals surface area contributed by atoms with E-state index in [2.05, 4.69) is 30.3 Å². The number of carbonyl (C=O) groups is 1. The number of ether oxygens (including phenoxy) is 1. The fraction of sp³-hybridized carbons (Fsp3) is 0.708. The Labute approximate surface area is 170 Å². The van der Waals surface area contributed by atoms with Crippen LogP contribution in [-0.4, -0.2) is 33.5 Å². The predicted molar refractivity (Wildman–Crippen MR) is 112 cm³/mol. The van der Waals surface area contributed by atoms with Gasteiger partial charge in [-0.1, -0.05) is 75.3 Å². The molecule has 0 radical (unpaired) electrons. The molecule has 3 atom stereocenters. The van der Waals surface area contributed by atoms with Crippen molar-refractivity contribution in [1.82, 2.24) is 0 Å². The van der Waals surface area contributed by atoms with Gasteiger partial charge >= 0.3 is 5.97 Å². The third-order valence-electron chi connectivity index (χ3n) is 5.92. The summed E-state index contributed by atoms with van der Waals surface area (Å²) in [5, 5.41) is 20.7. The molecular weight excluding hydrogens is 352 g/mol. The van der Waals surface area contributed by atoms with Crippen LogP contribution in [0, 0.1) is 0 Å². The van der Waals surface area contributed by atoms with Gasteiger partial charge in [-0.25, -0.2) is 0 Å². The number of aryl methyl sites for hydroxylation is 1. The Balaban J connectivity index is 1.47. The van der Waals surface area contributed by atoms with Crippen LogP contribution in [0.1, 0.15) is 90.0 Å². The van der Waals surface area contributed by atoms with Crippen molar-refractivity contribution in [2.75, 3.05) is 0 Å². The molecule has 0 spiro atoms. The van der Waals surface area contributed by atoms with Gasteiger partial charge in [-0.3, -0.25) is 4.79 Å². The molecule has 0 aliphatic carbocycles. The van der Waals surface area contributed by atoms with Crippen molar-refractivity contribution in [3.8, 4) is 0 Å². The van der Waals surface area contributed by atoms with Gasteiger partial charge in [0.2, 0.25) is 0 Å². The molecule has 4 nitrogen and oxygen atoms in total. The summed E-state index contributed by atoms with van der Waals surface area (Å²) in [5.41, 5.74) is -0.443. The van der Waals surface area contributed by atoms with Gasteiger partial charge in [-0.2, -0.15) is 0 Å². The summed E-state index contributed by atoms with van der Waals surface area (Å²) in [6, 6.07) is 10.7. The van der Waals surface area contributed by atoms with E-state index < -0.39 is 17.3 Å². The Bertz CT molecular complexity index is 584. The van der Waals surface area contributed by atoms with Crippen LogP contribution in [0.4, 0.5) is 0 Å². The van der Waals surface area contributed by atoms with Gasteiger partial charge in [0.1, 0.15) is 11.7 Å². The zero-order valence-electron chi connectivity index (χ0n) is 17.7. The third kappa shape index (κ3) is 7.92. The number of aliphatic hydroxyl groups is 2. The predicted octanol–water partition coefficient (Wildman–Crippen LogP) is 4.95. The lowest BCUT2D eigenvalue weighted by molar-refractivity contribution is -0.155. The molecule has 1 aromatic carbocycles. The average Bonchev–Trinajstić information content (AvgIpc) is 2.88. The van der Waals surface area contributed by atoms with Crippen molar-refractivity contribution in [3.63, 3.8) is 0 Å². The van der Waals surface area contributed by atoms with Crippen molar-refractivity contribution >= 4 is 5.97 Å². The van der Waals surface area contributed by atoms with Gasteiger partial charge in [0, 0.05) is 6.42 Å². The number of rotatable bonds is 13. The van der Waals surface area contributed by atoms with Crippen molar-refractivity contribution in [1.29, 1.82) is 0 Å². The lowest BCUT2D eigenvalue weighted by atomic mass is 9.83. The van der Waals surface area contributed by atoms with Crippen LogP contribution in [0.3, 0.4) is 0 Å². The second-order valence-electron chi connectivity index (χ2n) is 8.99. The van der Waals surface area contributed by atoms with Crippen LogP contribution in [0.15, 0.2) is 30.3 Å². The molecule has 1 fully saturated rings. The topological polar surface area (TPSA) is 66.8 Å². The van der Waals surface area contributed by atoms with E-state index in [-0.39, 0.29) is 18.8 Å². The maximum atomic E-state index is 11.4. The lowest BCUT2D eigenvalue weighted by Gasteiger charge is -2.34. The first-order valence-electron chi connectivity index (χ1n) is 11.0. The Morgan fingerprint density at radius 3 is 2.18 bits per heavy atom. The number of hydrogen-bond acceptors (Lipinski definition) is 4. The molecule has 1 saturated heterocycles. The lowest BCUT2D eigenvalue weighted by Crippen LogP contribution is -2.44. The molecular formula is C24H38O4. The maximum absolute atomic E-state index is 11.4. The molecule has 3 unspecified atom stereocenters. The highest BCUT2D eigenvalue weighted by Crippen LogP contribution is 2.36. The van der Waals surface area contributed by atoms with Crippen LogP contribution in [-0.2, 0) is 16.0 Å². The van der Waals surface area contributed by atoms with Gasteiger partial charge in [0.25, 0.3) is 0 Å². The smallest absolute Gasteiger partial charge is 0.309 e. The molecule has 0 aromatic heterocycles. The van der Waals surface area contributed by atoms with Gasteiger partial charge < -0.3 is 14.9 Å². The summed E-state index contributed by atoms with van der Waals surface area (Å²) in [5.74, 6) is -0.380. The fourth-order valence-electron chi connectivity index (χ4n) is 4.28. The van der Waals surface area contributed by atoms with Crippen LogP contribution >= 0.6 is 0 Å². The number of cyclic esters (lactones) is 1. The Hall–Kier alpha value is -1.39. The van der Waals surface area contributed by atoms with Gasteiger partial charge in [0.05, 0.1) is 12.0 Å². The summed E-state index contributed by atoms with van der Waals surface area (Å²) in [6.07, 6.45) is 11.0. The first-order chi connectivity index (χ1) is 13.3. The second-order valence-corrected chi connectivity index (χ2v) is 8.99.